The van der Waals surface area contributed by atoms with Crippen molar-refractivity contribution in [1.82, 2.24) is 4.98 Å². The van der Waals surface area contributed by atoms with Crippen LogP contribution in [0.25, 0.3) is 0 Å². The minimum Gasteiger partial charge on any atom is -0.480 e. The van der Waals surface area contributed by atoms with Gasteiger partial charge in [-0.15, -0.1) is 0 Å². The normalized spacial score (nSPS) is 11.9. The monoisotopic (exact) mass is 291 g/mol. The topological polar surface area (TPSA) is 56.3 Å². The summed E-state index contributed by atoms with van der Waals surface area (Å²) in [5.74, 6) is -0.418. The number of nitrogens with zero attached hydrogens (tertiary/aromatic N) is 1. The molecule has 1 aromatic heterocycles. The second kappa shape index (κ2) is 4.68. The summed E-state index contributed by atoms with van der Waals surface area (Å²) in [5.41, 5.74) is -0.777. The molecule has 0 unspecified atom stereocenters. The van der Waals surface area contributed by atoms with Gasteiger partial charge in [0, 0.05) is 10.7 Å². The third kappa shape index (κ3) is 2.72. The molecule has 0 aromatic carbocycles. The summed E-state index contributed by atoms with van der Waals surface area (Å²) in [5, 5.41) is -0.429. The molecule has 0 spiro atoms. The summed E-state index contributed by atoms with van der Waals surface area (Å²) in [4.78, 5) is 2.68. The number of pyridine rings is 1. The number of halogens is 4. The van der Waals surface area contributed by atoms with Crippen molar-refractivity contribution >= 4 is 31.3 Å². The van der Waals surface area contributed by atoms with Crippen LogP contribution in [0.2, 0.25) is 5.02 Å². The standard InChI is InChI=1S/C7H5Cl2F2NO3S/c1-15-7-5(8)4(16(9,13)14)2-3(12-7)6(10)11/h2,6H,1H3. The summed E-state index contributed by atoms with van der Waals surface area (Å²) in [6.07, 6.45) is -2.96. The Hall–Kier alpha value is -0.660. The molecule has 0 N–H and O–H groups in total. The van der Waals surface area contributed by atoms with Crippen LogP contribution in [-0.4, -0.2) is 20.5 Å². The quantitative estimate of drug-likeness (QED) is 0.803. The number of rotatable bonds is 3. The number of hydrogen-bond acceptors (Lipinski definition) is 4. The molecule has 9 heteroatoms. The van der Waals surface area contributed by atoms with Gasteiger partial charge in [-0.1, -0.05) is 11.6 Å². The molecule has 0 saturated heterocycles. The molecule has 90 valence electrons. The van der Waals surface area contributed by atoms with Crippen molar-refractivity contribution in [3.05, 3.63) is 16.8 Å². The molecule has 0 aliphatic rings. The second-order valence-corrected chi connectivity index (χ2v) is 5.52. The average molecular weight is 292 g/mol. The molecule has 4 nitrogen and oxygen atoms in total. The van der Waals surface area contributed by atoms with E-state index in [0.29, 0.717) is 6.07 Å². The molecular weight excluding hydrogens is 287 g/mol. The van der Waals surface area contributed by atoms with Crippen LogP contribution in [0.1, 0.15) is 12.1 Å². The molecule has 16 heavy (non-hydrogen) atoms. The summed E-state index contributed by atoms with van der Waals surface area (Å²) < 4.78 is 51.4. The third-order valence-electron chi connectivity index (χ3n) is 1.59. The Morgan fingerprint density at radius 3 is 2.44 bits per heavy atom. The van der Waals surface area contributed by atoms with Gasteiger partial charge in [-0.05, 0) is 6.07 Å². The smallest absolute Gasteiger partial charge is 0.280 e. The summed E-state index contributed by atoms with van der Waals surface area (Å²) in [6.45, 7) is 0. The van der Waals surface area contributed by atoms with Gasteiger partial charge in [0.25, 0.3) is 15.5 Å². The molecule has 0 atom stereocenters. The lowest BCUT2D eigenvalue weighted by Gasteiger charge is -2.08. The van der Waals surface area contributed by atoms with Crippen molar-refractivity contribution in [2.24, 2.45) is 0 Å². The van der Waals surface area contributed by atoms with Gasteiger partial charge in [0.05, 0.1) is 7.11 Å². The Labute approximate surface area is 99.6 Å². The maximum Gasteiger partial charge on any atom is 0.280 e. The molecule has 0 aliphatic carbocycles. The highest BCUT2D eigenvalue weighted by Gasteiger charge is 2.23. The molecule has 0 bridgehead atoms. The fourth-order valence-corrected chi connectivity index (χ4v) is 2.45. The van der Waals surface area contributed by atoms with Crippen molar-refractivity contribution in [3.63, 3.8) is 0 Å². The van der Waals surface area contributed by atoms with E-state index in [0.717, 1.165) is 7.11 Å². The van der Waals surface area contributed by atoms with Crippen LogP contribution in [0.5, 0.6) is 5.88 Å². The van der Waals surface area contributed by atoms with Gasteiger partial charge >= 0.3 is 0 Å². The Balaban J connectivity index is 3.55. The SMILES string of the molecule is COc1nc(C(F)F)cc(S(=O)(=O)Cl)c1Cl. The highest BCUT2D eigenvalue weighted by atomic mass is 35.7. The number of methoxy groups -OCH3 is 1. The Bertz CT molecular complexity index is 507. The highest BCUT2D eigenvalue weighted by molar-refractivity contribution is 8.13. The molecule has 1 rings (SSSR count). The van der Waals surface area contributed by atoms with Gasteiger partial charge in [0.1, 0.15) is 15.6 Å². The number of alkyl halides is 2. The van der Waals surface area contributed by atoms with Crippen molar-refractivity contribution in [3.8, 4) is 5.88 Å². The number of ether oxygens (including phenoxy) is 1. The lowest BCUT2D eigenvalue weighted by Crippen LogP contribution is -2.01. The van der Waals surface area contributed by atoms with Crippen LogP contribution < -0.4 is 4.74 Å². The van der Waals surface area contributed by atoms with Gasteiger partial charge in [-0.3, -0.25) is 0 Å². The zero-order valence-electron chi connectivity index (χ0n) is 7.75. The molecular formula is C7H5Cl2F2NO3S. The molecule has 1 aromatic rings. The van der Waals surface area contributed by atoms with Crippen molar-refractivity contribution in [2.75, 3.05) is 7.11 Å². The number of hydrogen-bond donors (Lipinski definition) is 0. The van der Waals surface area contributed by atoms with Gasteiger partial charge < -0.3 is 4.74 Å². The van der Waals surface area contributed by atoms with Gasteiger partial charge in [0.2, 0.25) is 5.88 Å². The van der Waals surface area contributed by atoms with Crippen LogP contribution in [0.4, 0.5) is 8.78 Å². The van der Waals surface area contributed by atoms with Crippen molar-refractivity contribution < 1.29 is 21.9 Å². The minimum absolute atomic E-state index is 0.418. The Kier molecular flexibility index (Phi) is 3.92. The first-order chi connectivity index (χ1) is 7.27. The maximum absolute atomic E-state index is 12.4. The van der Waals surface area contributed by atoms with E-state index in [2.05, 4.69) is 9.72 Å². The molecule has 0 amide bonds. The van der Waals surface area contributed by atoms with Crippen LogP contribution in [-0.2, 0) is 9.05 Å². The first-order valence-electron chi connectivity index (χ1n) is 3.74. The van der Waals surface area contributed by atoms with E-state index in [1.54, 1.807) is 0 Å². The van der Waals surface area contributed by atoms with Crippen LogP contribution >= 0.6 is 22.3 Å². The Morgan fingerprint density at radius 2 is 2.06 bits per heavy atom. The molecule has 0 fully saturated rings. The summed E-state index contributed by atoms with van der Waals surface area (Å²) in [6, 6.07) is 0.609. The van der Waals surface area contributed by atoms with Gasteiger partial charge in [-0.25, -0.2) is 22.2 Å². The second-order valence-electron chi connectivity index (χ2n) is 2.61. The summed E-state index contributed by atoms with van der Waals surface area (Å²) >= 11 is 5.57. The first-order valence-corrected chi connectivity index (χ1v) is 6.43. The van der Waals surface area contributed by atoms with Crippen LogP contribution in [0.3, 0.4) is 0 Å². The van der Waals surface area contributed by atoms with E-state index in [4.69, 9.17) is 22.3 Å². The van der Waals surface area contributed by atoms with Crippen LogP contribution in [0.15, 0.2) is 11.0 Å². The molecule has 0 saturated carbocycles. The van der Waals surface area contributed by atoms with E-state index in [1.165, 1.54) is 0 Å². The lowest BCUT2D eigenvalue weighted by atomic mass is 10.3. The fourth-order valence-electron chi connectivity index (χ4n) is 0.926. The number of aromatic nitrogens is 1. The van der Waals surface area contributed by atoms with Crippen molar-refractivity contribution in [1.29, 1.82) is 0 Å². The zero-order chi connectivity index (χ0) is 12.5. The fraction of sp³-hybridized carbons (Fsp3) is 0.286. The van der Waals surface area contributed by atoms with E-state index in [9.17, 15) is 17.2 Å². The predicted octanol–water partition coefficient (Wildman–Crippen LogP) is 2.61. The minimum atomic E-state index is -4.24. The first kappa shape index (κ1) is 13.4. The van der Waals surface area contributed by atoms with Gasteiger partial charge in [-0.2, -0.15) is 0 Å². The van der Waals surface area contributed by atoms with Crippen molar-refractivity contribution in [2.45, 2.75) is 11.3 Å². The molecule has 0 aliphatic heterocycles. The van der Waals surface area contributed by atoms with E-state index >= 15 is 0 Å². The van der Waals surface area contributed by atoms with Gasteiger partial charge in [0.15, 0.2) is 0 Å². The third-order valence-corrected chi connectivity index (χ3v) is 3.42. The van der Waals surface area contributed by atoms with E-state index < -0.39 is 37.0 Å². The lowest BCUT2D eigenvalue weighted by molar-refractivity contribution is 0.144. The van der Waals surface area contributed by atoms with E-state index in [-0.39, 0.29) is 0 Å². The zero-order valence-corrected chi connectivity index (χ0v) is 10.1. The highest BCUT2D eigenvalue weighted by Crippen LogP contribution is 2.34. The average Bonchev–Trinajstić information content (AvgIpc) is 2.15. The predicted molar refractivity (Wildman–Crippen MR) is 53.8 cm³/mol. The molecule has 0 radical (unpaired) electrons. The Morgan fingerprint density at radius 1 is 1.50 bits per heavy atom. The van der Waals surface area contributed by atoms with E-state index in [1.807, 2.05) is 0 Å². The van der Waals surface area contributed by atoms with Crippen LogP contribution in [0, 0.1) is 0 Å². The molecule has 1 heterocycles. The largest absolute Gasteiger partial charge is 0.480 e. The summed E-state index contributed by atoms with van der Waals surface area (Å²) in [7, 11) is 1.91. The maximum atomic E-state index is 12.4.